The molecule has 0 saturated carbocycles. The molecule has 0 N–H and O–H groups in total. The minimum atomic E-state index is -0.200. The Hall–Kier alpha value is -4.31. The van der Waals surface area contributed by atoms with E-state index in [1.807, 2.05) is 64.0 Å². The summed E-state index contributed by atoms with van der Waals surface area (Å²) in [6.45, 7) is 3.23. The van der Waals surface area contributed by atoms with Gasteiger partial charge in [0.1, 0.15) is 28.5 Å². The van der Waals surface area contributed by atoms with Gasteiger partial charge in [-0.1, -0.05) is 36.4 Å². The normalized spacial score (nSPS) is 13.7. The van der Waals surface area contributed by atoms with Crippen LogP contribution in [0.3, 0.4) is 0 Å². The highest BCUT2D eigenvalue weighted by molar-refractivity contribution is 6.00. The zero-order chi connectivity index (χ0) is 25.8. The minimum Gasteiger partial charge on any atom is -0.383 e. The molecular weight excluding hydrogens is 470 g/mol. The van der Waals surface area contributed by atoms with Crippen molar-refractivity contribution in [3.8, 4) is 11.3 Å². The number of rotatable bonds is 7. The molecule has 10 heteroatoms. The first kappa shape index (κ1) is 24.4. The zero-order valence-electron chi connectivity index (χ0n) is 20.9. The molecule has 1 aliphatic heterocycles. The number of imidazole rings is 1. The molecule has 0 atom stereocenters. The number of pyridine rings is 1. The van der Waals surface area contributed by atoms with Gasteiger partial charge in [0, 0.05) is 58.6 Å². The third kappa shape index (κ3) is 5.01. The summed E-state index contributed by atoms with van der Waals surface area (Å²) in [5.41, 5.74) is 3.18. The molecule has 0 radical (unpaired) electrons. The fourth-order valence-corrected chi connectivity index (χ4v) is 4.41. The molecule has 10 nitrogen and oxygen atoms in total. The number of hydrogen-bond donors (Lipinski definition) is 0. The monoisotopic (exact) mass is 499 g/mol. The first-order chi connectivity index (χ1) is 18.1. The summed E-state index contributed by atoms with van der Waals surface area (Å²) in [5, 5.41) is 0. The van der Waals surface area contributed by atoms with Crippen LogP contribution >= 0.6 is 0 Å². The lowest BCUT2D eigenvalue weighted by molar-refractivity contribution is 0.0731. The predicted octanol–water partition coefficient (Wildman–Crippen LogP) is 2.47. The van der Waals surface area contributed by atoms with Gasteiger partial charge in [-0.25, -0.2) is 15.0 Å². The van der Waals surface area contributed by atoms with Crippen LogP contribution in [0.1, 0.15) is 21.0 Å². The lowest BCUT2D eigenvalue weighted by Crippen LogP contribution is -2.49. The number of piperazine rings is 1. The second kappa shape index (κ2) is 10.8. The second-order valence-electron chi connectivity index (χ2n) is 8.86. The van der Waals surface area contributed by atoms with Crippen molar-refractivity contribution in [3.05, 3.63) is 78.5 Å². The van der Waals surface area contributed by atoms with Gasteiger partial charge in [0.25, 0.3) is 11.8 Å². The summed E-state index contributed by atoms with van der Waals surface area (Å²) in [4.78, 5) is 45.3. The number of anilines is 1. The Kier molecular flexibility index (Phi) is 7.09. The van der Waals surface area contributed by atoms with Crippen LogP contribution in [0, 0.1) is 0 Å². The molecular formula is C27H29N7O3. The molecule has 4 heterocycles. The summed E-state index contributed by atoms with van der Waals surface area (Å²) < 4.78 is 6.89. The molecule has 4 aromatic rings. The highest BCUT2D eigenvalue weighted by Crippen LogP contribution is 2.26. The van der Waals surface area contributed by atoms with E-state index < -0.39 is 0 Å². The number of hydrogen-bond acceptors (Lipinski definition) is 7. The van der Waals surface area contributed by atoms with E-state index in [9.17, 15) is 9.59 Å². The van der Waals surface area contributed by atoms with Crippen LogP contribution in [0.25, 0.3) is 16.9 Å². The number of aromatic nitrogens is 4. The molecule has 5 rings (SSSR count). The van der Waals surface area contributed by atoms with Crippen LogP contribution in [0.4, 0.5) is 5.82 Å². The molecule has 0 aliphatic carbocycles. The van der Waals surface area contributed by atoms with Crippen LogP contribution in [0.5, 0.6) is 0 Å². The Labute approximate surface area is 215 Å². The minimum absolute atomic E-state index is 0.0525. The van der Waals surface area contributed by atoms with Gasteiger partial charge in [-0.15, -0.1) is 0 Å². The van der Waals surface area contributed by atoms with Crippen molar-refractivity contribution in [2.45, 2.75) is 0 Å². The van der Waals surface area contributed by atoms with E-state index in [1.54, 1.807) is 25.3 Å². The van der Waals surface area contributed by atoms with Gasteiger partial charge in [-0.3, -0.25) is 14.0 Å². The van der Waals surface area contributed by atoms with Crippen LogP contribution < -0.4 is 4.90 Å². The van der Waals surface area contributed by atoms with Crippen molar-refractivity contribution in [2.24, 2.45) is 0 Å². The number of fused-ring (bicyclic) bond motifs is 1. The van der Waals surface area contributed by atoms with Gasteiger partial charge in [0.15, 0.2) is 0 Å². The van der Waals surface area contributed by atoms with E-state index in [0.717, 1.165) is 11.2 Å². The highest BCUT2D eigenvalue weighted by atomic mass is 16.5. The molecule has 1 aromatic carbocycles. The number of carbonyl (C=O) groups excluding carboxylic acids is 2. The lowest BCUT2D eigenvalue weighted by atomic mass is 10.1. The summed E-state index contributed by atoms with van der Waals surface area (Å²) in [6, 6.07) is 15.5. The number of amides is 2. The van der Waals surface area contributed by atoms with Crippen molar-refractivity contribution in [1.29, 1.82) is 0 Å². The van der Waals surface area contributed by atoms with Gasteiger partial charge in [-0.05, 0) is 12.1 Å². The lowest BCUT2D eigenvalue weighted by Gasteiger charge is -2.35. The quantitative estimate of drug-likeness (QED) is 0.385. The van der Waals surface area contributed by atoms with Gasteiger partial charge >= 0.3 is 0 Å². The SMILES string of the molecule is COCCN(C)C(=O)c1cnc(N2CCN(C(=O)c3c(-c4ccccc4)nc4ccccn34)CC2)cn1. The number of ether oxygens (including phenoxy) is 1. The summed E-state index contributed by atoms with van der Waals surface area (Å²) in [6.07, 6.45) is 5.00. The largest absolute Gasteiger partial charge is 0.383 e. The van der Waals surface area contributed by atoms with Gasteiger partial charge in [-0.2, -0.15) is 0 Å². The number of benzene rings is 1. The fraction of sp³-hybridized carbons (Fsp3) is 0.296. The maximum absolute atomic E-state index is 13.7. The third-order valence-electron chi connectivity index (χ3n) is 6.51. The number of carbonyl (C=O) groups is 2. The molecule has 2 amide bonds. The zero-order valence-corrected chi connectivity index (χ0v) is 20.9. The smallest absolute Gasteiger partial charge is 0.273 e. The van der Waals surface area contributed by atoms with Crippen LogP contribution in [-0.2, 0) is 4.74 Å². The summed E-state index contributed by atoms with van der Waals surface area (Å²) in [5.74, 6) is 0.431. The average molecular weight is 500 g/mol. The van der Waals surface area contributed by atoms with E-state index in [0.29, 0.717) is 56.5 Å². The van der Waals surface area contributed by atoms with Crippen LogP contribution in [0.2, 0.25) is 0 Å². The standard InChI is InChI=1S/C27H29N7O3/c1-31(16-17-37-2)26(35)21-18-29-23(19-28-21)32-12-14-33(15-13-32)27(36)25-24(20-8-4-3-5-9-20)30-22-10-6-7-11-34(22)25/h3-11,18-19H,12-17H2,1-2H3. The molecule has 3 aromatic heterocycles. The van der Waals surface area contributed by atoms with Crippen molar-refractivity contribution in [1.82, 2.24) is 29.2 Å². The topological polar surface area (TPSA) is 96.2 Å². The number of likely N-dealkylation sites (N-methyl/N-ethyl adjacent to an activating group) is 1. The third-order valence-corrected chi connectivity index (χ3v) is 6.51. The predicted molar refractivity (Wildman–Crippen MR) is 140 cm³/mol. The summed E-state index contributed by atoms with van der Waals surface area (Å²) >= 11 is 0. The number of nitrogens with zero attached hydrogens (tertiary/aromatic N) is 7. The van der Waals surface area contributed by atoms with Crippen LogP contribution in [-0.4, -0.2) is 94.5 Å². The second-order valence-corrected chi connectivity index (χ2v) is 8.86. The van der Waals surface area contributed by atoms with Crippen LogP contribution in [0.15, 0.2) is 67.1 Å². The van der Waals surface area contributed by atoms with Gasteiger partial charge < -0.3 is 19.4 Å². The average Bonchev–Trinajstić information content (AvgIpc) is 3.35. The number of methoxy groups -OCH3 is 1. The van der Waals surface area contributed by atoms with Gasteiger partial charge in [0.2, 0.25) is 0 Å². The Morgan fingerprint density at radius 1 is 0.973 bits per heavy atom. The maximum atomic E-state index is 13.7. The summed E-state index contributed by atoms with van der Waals surface area (Å²) in [7, 11) is 3.31. The Morgan fingerprint density at radius 3 is 2.43 bits per heavy atom. The Morgan fingerprint density at radius 2 is 1.73 bits per heavy atom. The van der Waals surface area contributed by atoms with E-state index in [2.05, 4.69) is 14.9 Å². The highest BCUT2D eigenvalue weighted by Gasteiger charge is 2.28. The molecule has 1 saturated heterocycles. The fourth-order valence-electron chi connectivity index (χ4n) is 4.41. The van der Waals surface area contributed by atoms with E-state index in [4.69, 9.17) is 9.72 Å². The van der Waals surface area contributed by atoms with Crippen molar-refractivity contribution >= 4 is 23.3 Å². The van der Waals surface area contributed by atoms with E-state index >= 15 is 0 Å². The van der Waals surface area contributed by atoms with E-state index in [1.165, 1.54) is 6.20 Å². The first-order valence-electron chi connectivity index (χ1n) is 12.2. The van der Waals surface area contributed by atoms with Gasteiger partial charge in [0.05, 0.1) is 19.0 Å². The first-order valence-corrected chi connectivity index (χ1v) is 12.2. The van der Waals surface area contributed by atoms with E-state index in [-0.39, 0.29) is 17.5 Å². The van der Waals surface area contributed by atoms with Crippen molar-refractivity contribution in [2.75, 3.05) is 58.4 Å². The molecule has 37 heavy (non-hydrogen) atoms. The molecule has 0 spiro atoms. The maximum Gasteiger partial charge on any atom is 0.273 e. The van der Waals surface area contributed by atoms with Crippen molar-refractivity contribution < 1.29 is 14.3 Å². The molecule has 0 unspecified atom stereocenters. The Bertz CT molecular complexity index is 1380. The molecule has 1 fully saturated rings. The molecule has 0 bridgehead atoms. The molecule has 1 aliphatic rings. The Balaban J connectivity index is 1.29. The van der Waals surface area contributed by atoms with Crippen molar-refractivity contribution in [3.63, 3.8) is 0 Å². The molecule has 190 valence electrons.